The molecule has 4 heteroatoms. The van der Waals surface area contributed by atoms with Gasteiger partial charge in [0, 0.05) is 19.2 Å². The molecule has 0 unspecified atom stereocenters. The van der Waals surface area contributed by atoms with Crippen LogP contribution in [0.15, 0.2) is 17.8 Å². The van der Waals surface area contributed by atoms with Crippen molar-refractivity contribution in [2.24, 2.45) is 46.3 Å². The molecule has 1 aromatic heterocycles. The maximum Gasteiger partial charge on any atom is 0.0850 e. The fourth-order valence-corrected chi connectivity index (χ4v) is 9.61. The number of rotatable bonds is 8. The zero-order valence-electron chi connectivity index (χ0n) is 23.2. The third-order valence-electron chi connectivity index (χ3n) is 11.6. The SMILES string of the molecule is CC(C)CCC[C@@H](C)[C@H]1CC[C@H]2[C@@H]3CC=C4C[C@@H](n5cc(CCO)nn5)CC[C@]4(C)[C@H]3CC[C@]12C. The van der Waals surface area contributed by atoms with E-state index in [1.165, 1.54) is 64.2 Å². The van der Waals surface area contributed by atoms with Crippen molar-refractivity contribution < 1.29 is 5.11 Å². The quantitative estimate of drug-likeness (QED) is 0.394. The first kappa shape index (κ1) is 25.5. The molecule has 0 aliphatic heterocycles. The molecular formula is C31H51N3O. The Labute approximate surface area is 214 Å². The molecule has 0 spiro atoms. The summed E-state index contributed by atoms with van der Waals surface area (Å²) in [5.74, 6) is 5.37. The van der Waals surface area contributed by atoms with E-state index in [2.05, 4.69) is 61.9 Å². The van der Waals surface area contributed by atoms with E-state index in [0.29, 0.717) is 23.3 Å². The van der Waals surface area contributed by atoms with Crippen LogP contribution in [0.5, 0.6) is 0 Å². The van der Waals surface area contributed by atoms with Crippen molar-refractivity contribution in [2.45, 2.75) is 118 Å². The summed E-state index contributed by atoms with van der Waals surface area (Å²) in [7, 11) is 0. The summed E-state index contributed by atoms with van der Waals surface area (Å²) in [4.78, 5) is 0. The largest absolute Gasteiger partial charge is 0.396 e. The predicted molar refractivity (Wildman–Crippen MR) is 143 cm³/mol. The van der Waals surface area contributed by atoms with Gasteiger partial charge in [-0.05, 0) is 97.7 Å². The Kier molecular flexibility index (Phi) is 7.25. The molecule has 4 nitrogen and oxygen atoms in total. The molecule has 0 amide bonds. The highest BCUT2D eigenvalue weighted by Gasteiger charge is 2.59. The lowest BCUT2D eigenvalue weighted by Gasteiger charge is -2.58. The van der Waals surface area contributed by atoms with Crippen molar-refractivity contribution in [1.29, 1.82) is 0 Å². The van der Waals surface area contributed by atoms with Gasteiger partial charge in [-0.2, -0.15) is 0 Å². The van der Waals surface area contributed by atoms with Crippen LogP contribution in [0.2, 0.25) is 0 Å². The summed E-state index contributed by atoms with van der Waals surface area (Å²) in [6.45, 7) is 12.8. The van der Waals surface area contributed by atoms with Crippen molar-refractivity contribution in [2.75, 3.05) is 6.61 Å². The van der Waals surface area contributed by atoms with Crippen LogP contribution in [-0.4, -0.2) is 26.7 Å². The van der Waals surface area contributed by atoms with Gasteiger partial charge in [0.2, 0.25) is 0 Å². The number of hydrogen-bond donors (Lipinski definition) is 1. The second-order valence-electron chi connectivity index (χ2n) is 13.8. The molecule has 0 aromatic carbocycles. The first-order valence-electron chi connectivity index (χ1n) is 15.0. The third-order valence-corrected chi connectivity index (χ3v) is 11.6. The summed E-state index contributed by atoms with van der Waals surface area (Å²) in [5.41, 5.74) is 3.59. The molecule has 0 bridgehead atoms. The summed E-state index contributed by atoms with van der Waals surface area (Å²) >= 11 is 0. The Hall–Kier alpha value is -1.16. The fraction of sp³-hybridized carbons (Fsp3) is 0.871. The van der Waals surface area contributed by atoms with Gasteiger partial charge >= 0.3 is 0 Å². The van der Waals surface area contributed by atoms with E-state index < -0.39 is 0 Å². The van der Waals surface area contributed by atoms with Gasteiger partial charge in [0.15, 0.2) is 0 Å². The van der Waals surface area contributed by atoms with E-state index in [1.54, 1.807) is 5.57 Å². The van der Waals surface area contributed by atoms with E-state index in [-0.39, 0.29) is 6.61 Å². The molecular weight excluding hydrogens is 430 g/mol. The highest BCUT2D eigenvalue weighted by Crippen LogP contribution is 2.67. The second kappa shape index (κ2) is 9.95. The lowest BCUT2D eigenvalue weighted by Crippen LogP contribution is -2.50. The van der Waals surface area contributed by atoms with Gasteiger partial charge < -0.3 is 5.11 Å². The minimum atomic E-state index is 0.146. The van der Waals surface area contributed by atoms with E-state index >= 15 is 0 Å². The molecule has 1 heterocycles. The average Bonchev–Trinajstić information content (AvgIpc) is 3.42. The zero-order valence-corrected chi connectivity index (χ0v) is 23.2. The normalized spacial score (nSPS) is 39.6. The second-order valence-corrected chi connectivity index (χ2v) is 13.8. The summed E-state index contributed by atoms with van der Waals surface area (Å²) in [6, 6.07) is 0.433. The van der Waals surface area contributed by atoms with Gasteiger partial charge in [-0.3, -0.25) is 0 Å². The van der Waals surface area contributed by atoms with Crippen LogP contribution in [0.25, 0.3) is 0 Å². The van der Waals surface area contributed by atoms with Crippen LogP contribution in [0.1, 0.15) is 117 Å². The van der Waals surface area contributed by atoms with E-state index in [0.717, 1.165) is 47.6 Å². The minimum absolute atomic E-state index is 0.146. The number of aliphatic hydroxyl groups is 1. The Morgan fingerprint density at radius 3 is 2.66 bits per heavy atom. The van der Waals surface area contributed by atoms with Crippen molar-refractivity contribution >= 4 is 0 Å². The molecule has 35 heavy (non-hydrogen) atoms. The lowest BCUT2D eigenvalue weighted by atomic mass is 9.47. The number of allylic oxidation sites excluding steroid dienone is 2. The average molecular weight is 482 g/mol. The summed E-state index contributed by atoms with van der Waals surface area (Å²) in [5, 5.41) is 18.0. The number of nitrogens with zero attached hydrogens (tertiary/aromatic N) is 3. The molecule has 5 rings (SSSR count). The van der Waals surface area contributed by atoms with Gasteiger partial charge in [0.05, 0.1) is 11.7 Å². The molecule has 3 fully saturated rings. The standard InChI is InChI=1S/C31H51N3O/c1-21(2)7-6-8-22(3)27-11-12-28-26-10-9-23-19-25(34-20-24(15-18-35)32-33-34)13-16-30(23,4)29(26)14-17-31(27,28)5/h9,20-22,25-29,35H,6-8,10-19H2,1-5H3/t22-,25+,26+,27-,28+,29+,30+,31-/m1/s1. The number of aliphatic hydroxyl groups excluding tert-OH is 1. The number of aromatic nitrogens is 3. The maximum atomic E-state index is 9.24. The molecule has 1 aromatic rings. The van der Waals surface area contributed by atoms with Crippen molar-refractivity contribution in [3.8, 4) is 0 Å². The van der Waals surface area contributed by atoms with Crippen LogP contribution >= 0.6 is 0 Å². The third kappa shape index (κ3) is 4.55. The van der Waals surface area contributed by atoms with Crippen molar-refractivity contribution in [3.63, 3.8) is 0 Å². The first-order valence-corrected chi connectivity index (χ1v) is 15.0. The van der Waals surface area contributed by atoms with Crippen LogP contribution in [0.4, 0.5) is 0 Å². The molecule has 196 valence electrons. The number of fused-ring (bicyclic) bond motifs is 5. The van der Waals surface area contributed by atoms with Crippen molar-refractivity contribution in [1.82, 2.24) is 15.0 Å². The van der Waals surface area contributed by atoms with Gasteiger partial charge in [-0.25, -0.2) is 4.68 Å². The topological polar surface area (TPSA) is 50.9 Å². The van der Waals surface area contributed by atoms with E-state index in [1.807, 2.05) is 0 Å². The maximum absolute atomic E-state index is 9.24. The molecule has 4 aliphatic carbocycles. The lowest BCUT2D eigenvalue weighted by molar-refractivity contribution is -0.0525. The molecule has 4 aliphatic rings. The monoisotopic (exact) mass is 481 g/mol. The zero-order chi connectivity index (χ0) is 24.8. The first-order chi connectivity index (χ1) is 16.8. The Morgan fingerprint density at radius 1 is 1.06 bits per heavy atom. The van der Waals surface area contributed by atoms with Gasteiger partial charge in [0.25, 0.3) is 0 Å². The Bertz CT molecular complexity index is 905. The van der Waals surface area contributed by atoms with Crippen LogP contribution in [-0.2, 0) is 6.42 Å². The van der Waals surface area contributed by atoms with Gasteiger partial charge in [0.1, 0.15) is 0 Å². The van der Waals surface area contributed by atoms with Crippen molar-refractivity contribution in [3.05, 3.63) is 23.5 Å². The van der Waals surface area contributed by atoms with Gasteiger partial charge in [-0.15, -0.1) is 5.10 Å². The predicted octanol–water partition coefficient (Wildman–Crippen LogP) is 7.40. The Balaban J connectivity index is 1.28. The van der Waals surface area contributed by atoms with Crippen LogP contribution < -0.4 is 0 Å². The molecule has 8 atom stereocenters. The van der Waals surface area contributed by atoms with Crippen LogP contribution in [0.3, 0.4) is 0 Å². The summed E-state index contributed by atoms with van der Waals surface area (Å²) in [6.07, 6.45) is 20.4. The Morgan fingerprint density at radius 2 is 1.89 bits per heavy atom. The number of hydrogen-bond acceptors (Lipinski definition) is 3. The molecule has 0 radical (unpaired) electrons. The summed E-state index contributed by atoms with van der Waals surface area (Å²) < 4.78 is 2.09. The molecule has 1 N–H and O–H groups in total. The van der Waals surface area contributed by atoms with E-state index in [4.69, 9.17) is 0 Å². The minimum Gasteiger partial charge on any atom is -0.396 e. The smallest absolute Gasteiger partial charge is 0.0850 e. The van der Waals surface area contributed by atoms with Gasteiger partial charge in [-0.1, -0.05) is 70.7 Å². The fourth-order valence-electron chi connectivity index (χ4n) is 9.61. The molecule has 0 saturated heterocycles. The molecule has 3 saturated carbocycles. The highest BCUT2D eigenvalue weighted by atomic mass is 16.3. The van der Waals surface area contributed by atoms with Crippen LogP contribution in [0, 0.1) is 46.3 Å². The van der Waals surface area contributed by atoms with E-state index in [9.17, 15) is 5.11 Å². The highest BCUT2D eigenvalue weighted by molar-refractivity contribution is 5.25.